The van der Waals surface area contributed by atoms with Crippen molar-refractivity contribution < 1.29 is 13.2 Å². The van der Waals surface area contributed by atoms with Gasteiger partial charge in [-0.05, 0) is 19.3 Å². The third kappa shape index (κ3) is 2.98. The van der Waals surface area contributed by atoms with Gasteiger partial charge in [-0.25, -0.2) is 23.4 Å². The molecule has 0 aliphatic carbocycles. The highest BCUT2D eigenvalue weighted by molar-refractivity contribution is 7.90. The van der Waals surface area contributed by atoms with Crippen molar-refractivity contribution in [2.45, 2.75) is 31.6 Å². The molecule has 8 nitrogen and oxygen atoms in total. The molecular formula is C12H17N5O3S. The van der Waals surface area contributed by atoms with Gasteiger partial charge < -0.3 is 10.5 Å². The van der Waals surface area contributed by atoms with Gasteiger partial charge in [-0.2, -0.15) is 0 Å². The van der Waals surface area contributed by atoms with E-state index in [2.05, 4.69) is 15.0 Å². The van der Waals surface area contributed by atoms with Gasteiger partial charge in [0.15, 0.2) is 11.5 Å². The summed E-state index contributed by atoms with van der Waals surface area (Å²) < 4.78 is 30.2. The van der Waals surface area contributed by atoms with E-state index in [1.807, 2.05) is 4.57 Å². The van der Waals surface area contributed by atoms with E-state index in [9.17, 15) is 8.42 Å². The number of imidazole rings is 1. The van der Waals surface area contributed by atoms with Crippen molar-refractivity contribution in [3.63, 3.8) is 0 Å². The Bertz CT molecular complexity index is 757. The van der Waals surface area contributed by atoms with Crippen LogP contribution >= 0.6 is 0 Å². The van der Waals surface area contributed by atoms with Crippen molar-refractivity contribution in [2.24, 2.45) is 0 Å². The van der Waals surface area contributed by atoms with Crippen LogP contribution in [0.1, 0.15) is 25.5 Å². The Hall–Kier alpha value is -1.74. The molecule has 0 radical (unpaired) electrons. The average molecular weight is 311 g/mol. The summed E-state index contributed by atoms with van der Waals surface area (Å²) in [5.74, 6) is 0.481. The van der Waals surface area contributed by atoms with Gasteiger partial charge >= 0.3 is 0 Å². The first-order chi connectivity index (χ1) is 9.94. The SMILES string of the molecule is CS(=O)(=O)CC[C@@H]1CC[C@H](n2cnc3c(N)ncnc32)O1. The molecule has 0 saturated carbocycles. The molecule has 0 spiro atoms. The van der Waals surface area contributed by atoms with E-state index in [0.29, 0.717) is 23.4 Å². The number of aromatic nitrogens is 4. The molecule has 9 heteroatoms. The topological polar surface area (TPSA) is 113 Å². The van der Waals surface area contributed by atoms with Crippen molar-refractivity contribution in [2.75, 3.05) is 17.7 Å². The number of sulfone groups is 1. The third-order valence-electron chi connectivity index (χ3n) is 3.59. The molecule has 114 valence electrons. The molecule has 0 unspecified atom stereocenters. The van der Waals surface area contributed by atoms with Gasteiger partial charge in [0.2, 0.25) is 0 Å². The summed E-state index contributed by atoms with van der Waals surface area (Å²) in [5, 5.41) is 0. The summed E-state index contributed by atoms with van der Waals surface area (Å²) in [5.41, 5.74) is 6.95. The summed E-state index contributed by atoms with van der Waals surface area (Å²) >= 11 is 0. The van der Waals surface area contributed by atoms with Crippen LogP contribution in [0, 0.1) is 0 Å². The number of hydrogen-bond donors (Lipinski definition) is 1. The Balaban J connectivity index is 1.75. The number of ether oxygens (including phenoxy) is 1. The number of rotatable bonds is 4. The van der Waals surface area contributed by atoms with Crippen LogP contribution in [-0.2, 0) is 14.6 Å². The molecule has 0 aromatic carbocycles. The van der Waals surface area contributed by atoms with Crippen LogP contribution in [0.2, 0.25) is 0 Å². The van der Waals surface area contributed by atoms with Crippen LogP contribution in [0.15, 0.2) is 12.7 Å². The normalized spacial score (nSPS) is 22.9. The van der Waals surface area contributed by atoms with Gasteiger partial charge in [-0.1, -0.05) is 0 Å². The maximum absolute atomic E-state index is 11.2. The second kappa shape index (κ2) is 5.23. The number of nitrogens with two attached hydrogens (primary N) is 1. The maximum atomic E-state index is 11.2. The fourth-order valence-corrected chi connectivity index (χ4v) is 3.22. The Morgan fingerprint density at radius 2 is 2.19 bits per heavy atom. The van der Waals surface area contributed by atoms with E-state index in [0.717, 1.165) is 12.8 Å². The number of hydrogen-bond acceptors (Lipinski definition) is 7. The molecule has 2 aromatic rings. The summed E-state index contributed by atoms with van der Waals surface area (Å²) in [6.07, 6.45) is 6.16. The van der Waals surface area contributed by atoms with Crippen molar-refractivity contribution in [3.8, 4) is 0 Å². The zero-order valence-electron chi connectivity index (χ0n) is 11.6. The van der Waals surface area contributed by atoms with Crippen molar-refractivity contribution >= 4 is 26.8 Å². The molecule has 1 aliphatic rings. The van der Waals surface area contributed by atoms with E-state index in [1.165, 1.54) is 12.6 Å². The van der Waals surface area contributed by atoms with Crippen LogP contribution in [0.3, 0.4) is 0 Å². The molecule has 1 aliphatic heterocycles. The zero-order valence-corrected chi connectivity index (χ0v) is 12.5. The first-order valence-electron chi connectivity index (χ1n) is 6.70. The summed E-state index contributed by atoms with van der Waals surface area (Å²) in [7, 11) is -2.96. The van der Waals surface area contributed by atoms with E-state index >= 15 is 0 Å². The first kappa shape index (κ1) is 14.2. The predicted molar refractivity (Wildman–Crippen MR) is 77.2 cm³/mol. The lowest BCUT2D eigenvalue weighted by atomic mass is 10.2. The Kier molecular flexibility index (Phi) is 3.54. The highest BCUT2D eigenvalue weighted by atomic mass is 32.2. The second-order valence-corrected chi connectivity index (χ2v) is 7.55. The van der Waals surface area contributed by atoms with Crippen LogP contribution in [0.5, 0.6) is 0 Å². The van der Waals surface area contributed by atoms with Gasteiger partial charge in [0.25, 0.3) is 0 Å². The molecule has 21 heavy (non-hydrogen) atoms. The van der Waals surface area contributed by atoms with Gasteiger partial charge in [0, 0.05) is 6.26 Å². The fourth-order valence-electron chi connectivity index (χ4n) is 2.53. The minimum absolute atomic E-state index is 0.0543. The number of nitrogen functional groups attached to an aromatic ring is 1. The van der Waals surface area contributed by atoms with Crippen molar-refractivity contribution in [1.29, 1.82) is 0 Å². The van der Waals surface area contributed by atoms with E-state index in [4.69, 9.17) is 10.5 Å². The largest absolute Gasteiger partial charge is 0.382 e. The lowest BCUT2D eigenvalue weighted by molar-refractivity contribution is 0.00324. The molecule has 1 fully saturated rings. The molecule has 2 aromatic heterocycles. The third-order valence-corrected chi connectivity index (χ3v) is 4.57. The average Bonchev–Trinajstić information content (AvgIpc) is 3.02. The Morgan fingerprint density at radius 1 is 1.38 bits per heavy atom. The molecule has 0 bridgehead atoms. The lowest BCUT2D eigenvalue weighted by Crippen LogP contribution is -2.15. The second-order valence-electron chi connectivity index (χ2n) is 5.29. The van der Waals surface area contributed by atoms with Gasteiger partial charge in [0.1, 0.15) is 27.9 Å². The van der Waals surface area contributed by atoms with Crippen LogP contribution < -0.4 is 5.73 Å². The monoisotopic (exact) mass is 311 g/mol. The molecular weight excluding hydrogens is 294 g/mol. The highest BCUT2D eigenvalue weighted by Crippen LogP contribution is 2.32. The number of nitrogens with zero attached hydrogens (tertiary/aromatic N) is 4. The number of fused-ring (bicyclic) bond motifs is 1. The molecule has 2 N–H and O–H groups in total. The summed E-state index contributed by atoms with van der Waals surface area (Å²) in [6, 6.07) is 0. The first-order valence-corrected chi connectivity index (χ1v) is 8.76. The Morgan fingerprint density at radius 3 is 2.95 bits per heavy atom. The highest BCUT2D eigenvalue weighted by Gasteiger charge is 2.28. The van der Waals surface area contributed by atoms with Crippen LogP contribution in [-0.4, -0.2) is 46.0 Å². The molecule has 3 rings (SSSR count). The van der Waals surface area contributed by atoms with Crippen molar-refractivity contribution in [1.82, 2.24) is 19.5 Å². The predicted octanol–water partition coefficient (Wildman–Crippen LogP) is 0.521. The summed E-state index contributed by atoms with van der Waals surface area (Å²) in [4.78, 5) is 12.3. The molecule has 1 saturated heterocycles. The molecule has 2 atom stereocenters. The molecule has 0 amide bonds. The van der Waals surface area contributed by atoms with Crippen LogP contribution in [0.4, 0.5) is 5.82 Å². The van der Waals surface area contributed by atoms with Crippen LogP contribution in [0.25, 0.3) is 11.2 Å². The standard InChI is InChI=1S/C12H17N5O3S/c1-21(18,19)5-4-8-2-3-9(20-8)17-7-16-10-11(13)14-6-15-12(10)17/h6-9H,2-5H2,1H3,(H2,13,14,15)/t8-,9+/m0/s1. The van der Waals surface area contributed by atoms with Gasteiger partial charge in [0.05, 0.1) is 18.2 Å². The quantitative estimate of drug-likeness (QED) is 0.875. The van der Waals surface area contributed by atoms with E-state index < -0.39 is 9.84 Å². The maximum Gasteiger partial charge on any atom is 0.167 e. The van der Waals surface area contributed by atoms with Gasteiger partial charge in [-0.15, -0.1) is 0 Å². The van der Waals surface area contributed by atoms with Crippen molar-refractivity contribution in [3.05, 3.63) is 12.7 Å². The minimum atomic E-state index is -2.96. The number of anilines is 1. The Labute approximate surface area is 122 Å². The fraction of sp³-hybridized carbons (Fsp3) is 0.583. The smallest absolute Gasteiger partial charge is 0.167 e. The van der Waals surface area contributed by atoms with Gasteiger partial charge in [-0.3, -0.25) is 4.57 Å². The zero-order chi connectivity index (χ0) is 15.0. The minimum Gasteiger partial charge on any atom is -0.382 e. The summed E-state index contributed by atoms with van der Waals surface area (Å²) in [6.45, 7) is 0. The molecule has 3 heterocycles. The van der Waals surface area contributed by atoms with E-state index in [1.54, 1.807) is 6.33 Å². The van der Waals surface area contributed by atoms with E-state index in [-0.39, 0.29) is 18.1 Å². The lowest BCUT2D eigenvalue weighted by Gasteiger charge is -2.14.